The smallest absolute Gasteiger partial charge is 0.247 e. The van der Waals surface area contributed by atoms with Crippen molar-refractivity contribution in [1.82, 2.24) is 24.7 Å². The molecule has 32 heavy (non-hydrogen) atoms. The maximum atomic E-state index is 12.5. The van der Waals surface area contributed by atoms with Gasteiger partial charge < -0.3 is 15.5 Å². The van der Waals surface area contributed by atoms with Crippen LogP contribution >= 0.6 is 13.5 Å². The van der Waals surface area contributed by atoms with Crippen LogP contribution in [0.15, 0.2) is 30.7 Å². The van der Waals surface area contributed by atoms with E-state index >= 15 is 0 Å². The number of aryl methyl sites for hydroxylation is 2. The lowest BCUT2D eigenvalue weighted by Gasteiger charge is -2.36. The monoisotopic (exact) mass is 454 g/mol. The van der Waals surface area contributed by atoms with Crippen LogP contribution in [-0.4, -0.2) is 43.7 Å². The molecular weight excluding hydrogens is 424 g/mol. The Morgan fingerprint density at radius 3 is 2.62 bits per heavy atom. The van der Waals surface area contributed by atoms with Gasteiger partial charge in [0.2, 0.25) is 11.9 Å². The zero-order valence-electron chi connectivity index (χ0n) is 19.0. The minimum Gasteiger partial charge on any atom is -0.350 e. The Labute approximate surface area is 195 Å². The van der Waals surface area contributed by atoms with Gasteiger partial charge in [0.1, 0.15) is 11.7 Å². The summed E-state index contributed by atoms with van der Waals surface area (Å²) in [6.45, 7) is 9.13. The molecule has 3 aromatic rings. The number of nitrogens with one attached hydrogen (secondary N) is 2. The van der Waals surface area contributed by atoms with Crippen molar-refractivity contribution in [3.63, 3.8) is 0 Å². The Hall–Kier alpha value is -3.14. The van der Waals surface area contributed by atoms with Crippen LogP contribution in [0.5, 0.6) is 0 Å². The molecule has 3 aromatic heterocycles. The molecule has 1 aliphatic rings. The van der Waals surface area contributed by atoms with Crippen molar-refractivity contribution in [2.24, 2.45) is 5.92 Å². The standard InChI is InChI=1S/C22H28N8O.H2S/c1-13(2)19-21(31)27-18-15(4)26-22(28-20(18)29(19)5)24-9-17-10-25-30(12-17)11-16-7-6-14(3)23-8-16;/h6-8,10,12-13,19H,9,11H2,1-5H3,(H,27,31)(H,24,26,28);1H2/t19-;/m0./s1. The fourth-order valence-corrected chi connectivity index (χ4v) is 3.84. The van der Waals surface area contributed by atoms with Crippen LogP contribution in [0.25, 0.3) is 0 Å². The number of nitrogens with zero attached hydrogens (tertiary/aromatic N) is 6. The summed E-state index contributed by atoms with van der Waals surface area (Å²) in [6, 6.07) is 3.80. The van der Waals surface area contributed by atoms with E-state index in [1.165, 1.54) is 0 Å². The molecule has 9 nitrogen and oxygen atoms in total. The first-order valence-corrected chi connectivity index (χ1v) is 10.4. The molecule has 0 bridgehead atoms. The van der Waals surface area contributed by atoms with E-state index in [1.54, 1.807) is 0 Å². The van der Waals surface area contributed by atoms with E-state index in [-0.39, 0.29) is 31.4 Å². The first kappa shape index (κ1) is 23.5. The molecule has 0 fully saturated rings. The largest absolute Gasteiger partial charge is 0.350 e. The van der Waals surface area contributed by atoms with Crippen LogP contribution in [0.2, 0.25) is 0 Å². The van der Waals surface area contributed by atoms with Crippen LogP contribution in [0.4, 0.5) is 17.5 Å². The Balaban J connectivity index is 0.00000289. The molecule has 0 aliphatic carbocycles. The number of anilines is 3. The summed E-state index contributed by atoms with van der Waals surface area (Å²) >= 11 is 0. The van der Waals surface area contributed by atoms with E-state index in [4.69, 9.17) is 0 Å². The fraction of sp³-hybridized carbons (Fsp3) is 0.409. The molecule has 0 aromatic carbocycles. The van der Waals surface area contributed by atoms with Gasteiger partial charge in [0, 0.05) is 37.2 Å². The lowest BCUT2D eigenvalue weighted by Crippen LogP contribution is -2.49. The minimum absolute atomic E-state index is 0. The first-order valence-electron chi connectivity index (χ1n) is 10.4. The third kappa shape index (κ3) is 4.85. The predicted molar refractivity (Wildman–Crippen MR) is 130 cm³/mol. The van der Waals surface area contributed by atoms with Crippen LogP contribution in [-0.2, 0) is 17.9 Å². The maximum absolute atomic E-state index is 12.5. The second-order valence-corrected chi connectivity index (χ2v) is 8.33. The maximum Gasteiger partial charge on any atom is 0.247 e. The molecule has 170 valence electrons. The number of likely N-dealkylation sites (N-methyl/N-ethyl adjacent to an activating group) is 1. The fourth-order valence-electron chi connectivity index (χ4n) is 3.84. The molecule has 0 radical (unpaired) electrons. The summed E-state index contributed by atoms with van der Waals surface area (Å²) < 4.78 is 1.89. The summed E-state index contributed by atoms with van der Waals surface area (Å²) in [5, 5.41) is 10.7. The van der Waals surface area contributed by atoms with Gasteiger partial charge in [0.15, 0.2) is 5.82 Å². The van der Waals surface area contributed by atoms with E-state index in [0.717, 1.165) is 28.3 Å². The Morgan fingerprint density at radius 1 is 1.16 bits per heavy atom. The predicted octanol–water partition coefficient (Wildman–Crippen LogP) is 2.87. The van der Waals surface area contributed by atoms with E-state index < -0.39 is 0 Å². The molecule has 1 amide bonds. The highest BCUT2D eigenvalue weighted by Gasteiger charge is 2.35. The summed E-state index contributed by atoms with van der Waals surface area (Å²) in [5.41, 5.74) is 4.54. The number of pyridine rings is 1. The molecule has 1 aliphatic heterocycles. The van der Waals surface area contributed by atoms with Gasteiger partial charge in [-0.3, -0.25) is 14.5 Å². The van der Waals surface area contributed by atoms with Gasteiger partial charge in [0.05, 0.1) is 18.4 Å². The number of hydrogen-bond donors (Lipinski definition) is 2. The van der Waals surface area contributed by atoms with Crippen LogP contribution < -0.4 is 15.5 Å². The SMILES string of the molecule is Cc1ccc(Cn2cc(CNc3nc(C)c4c(n3)N(C)[C@@H](C(C)C)C(=O)N4)cn2)cn1.S. The van der Waals surface area contributed by atoms with Gasteiger partial charge >= 0.3 is 0 Å². The average molecular weight is 455 g/mol. The Morgan fingerprint density at radius 2 is 1.94 bits per heavy atom. The zero-order valence-corrected chi connectivity index (χ0v) is 20.0. The van der Waals surface area contributed by atoms with Crippen molar-refractivity contribution in [3.05, 3.63) is 53.2 Å². The van der Waals surface area contributed by atoms with Crippen molar-refractivity contribution in [2.45, 2.75) is 46.8 Å². The van der Waals surface area contributed by atoms with Crippen LogP contribution in [0, 0.1) is 19.8 Å². The third-order valence-electron chi connectivity index (χ3n) is 5.43. The van der Waals surface area contributed by atoms with Gasteiger partial charge in [-0.1, -0.05) is 19.9 Å². The van der Waals surface area contributed by atoms with E-state index in [0.29, 0.717) is 24.7 Å². The van der Waals surface area contributed by atoms with Crippen molar-refractivity contribution in [1.29, 1.82) is 0 Å². The number of hydrogen-bond acceptors (Lipinski definition) is 7. The molecular formula is C22H30N8OS. The summed E-state index contributed by atoms with van der Waals surface area (Å²) in [4.78, 5) is 27.9. The van der Waals surface area contributed by atoms with Crippen molar-refractivity contribution in [2.75, 3.05) is 22.6 Å². The Bertz CT molecular complexity index is 1100. The highest BCUT2D eigenvalue weighted by Crippen LogP contribution is 2.34. The van der Waals surface area contributed by atoms with Crippen molar-refractivity contribution >= 4 is 36.9 Å². The Kier molecular flexibility index (Phi) is 7.02. The zero-order chi connectivity index (χ0) is 22.1. The number of carbonyl (C=O) groups excluding carboxylic acids is 1. The molecule has 0 unspecified atom stereocenters. The topological polar surface area (TPSA) is 101 Å². The number of carbonyl (C=O) groups is 1. The summed E-state index contributed by atoms with van der Waals surface area (Å²) in [7, 11) is 1.91. The molecule has 0 spiro atoms. The molecule has 4 heterocycles. The van der Waals surface area contributed by atoms with Crippen LogP contribution in [0.1, 0.15) is 36.4 Å². The van der Waals surface area contributed by atoms with Gasteiger partial charge in [0.25, 0.3) is 0 Å². The number of amides is 1. The molecule has 0 saturated heterocycles. The minimum atomic E-state index is -0.260. The van der Waals surface area contributed by atoms with E-state index in [2.05, 4.69) is 36.8 Å². The summed E-state index contributed by atoms with van der Waals surface area (Å²) in [6.07, 6.45) is 5.71. The quantitative estimate of drug-likeness (QED) is 0.591. The second-order valence-electron chi connectivity index (χ2n) is 8.33. The third-order valence-corrected chi connectivity index (χ3v) is 5.43. The highest BCUT2D eigenvalue weighted by atomic mass is 32.1. The van der Waals surface area contributed by atoms with Crippen molar-refractivity contribution in [3.8, 4) is 0 Å². The average Bonchev–Trinajstić information content (AvgIpc) is 3.16. The van der Waals surface area contributed by atoms with E-state index in [1.807, 2.05) is 69.0 Å². The number of rotatable bonds is 6. The number of fused-ring (bicyclic) bond motifs is 1. The first-order chi connectivity index (χ1) is 14.8. The molecule has 0 saturated carbocycles. The highest BCUT2D eigenvalue weighted by molar-refractivity contribution is 7.59. The second kappa shape index (κ2) is 9.56. The molecule has 1 atom stereocenters. The van der Waals surface area contributed by atoms with Gasteiger partial charge in [-0.25, -0.2) is 4.98 Å². The van der Waals surface area contributed by atoms with Crippen LogP contribution in [0.3, 0.4) is 0 Å². The van der Waals surface area contributed by atoms with Gasteiger partial charge in [-0.2, -0.15) is 23.6 Å². The lowest BCUT2D eigenvalue weighted by molar-refractivity contribution is -0.118. The van der Waals surface area contributed by atoms with Crippen molar-refractivity contribution < 1.29 is 4.79 Å². The molecule has 10 heteroatoms. The lowest BCUT2D eigenvalue weighted by atomic mass is 9.99. The van der Waals surface area contributed by atoms with Gasteiger partial charge in [-0.05, 0) is 31.4 Å². The van der Waals surface area contributed by atoms with E-state index in [9.17, 15) is 4.79 Å². The summed E-state index contributed by atoms with van der Waals surface area (Å²) in [5.74, 6) is 1.40. The molecule has 4 rings (SSSR count). The molecule has 2 N–H and O–H groups in total. The normalized spacial score (nSPS) is 15.2. The number of aromatic nitrogens is 5. The van der Waals surface area contributed by atoms with Gasteiger partial charge in [-0.15, -0.1) is 0 Å².